The molecule has 3 aromatic rings. The summed E-state index contributed by atoms with van der Waals surface area (Å²) in [5, 5.41) is 6.72. The van der Waals surface area contributed by atoms with E-state index in [1.165, 1.54) is 29.9 Å². The summed E-state index contributed by atoms with van der Waals surface area (Å²) in [7, 11) is 1.37. The zero-order valence-electron chi connectivity index (χ0n) is 20.8. The second-order valence-electron chi connectivity index (χ2n) is 9.41. The van der Waals surface area contributed by atoms with E-state index in [9.17, 15) is 14.0 Å². The van der Waals surface area contributed by atoms with E-state index in [2.05, 4.69) is 29.4 Å². The first-order chi connectivity index (χ1) is 16.7. The Balaban J connectivity index is 1.87. The van der Waals surface area contributed by atoms with Gasteiger partial charge in [0.2, 0.25) is 5.91 Å². The topological polar surface area (TPSA) is 88.5 Å². The molecule has 1 amide bonds. The fraction of sp³-hybridized carbons (Fsp3) is 0.423. The Kier molecular flexibility index (Phi) is 7.07. The van der Waals surface area contributed by atoms with E-state index < -0.39 is 5.82 Å². The summed E-state index contributed by atoms with van der Waals surface area (Å²) in [4.78, 5) is 33.4. The predicted molar refractivity (Wildman–Crippen MR) is 136 cm³/mol. The number of hydrogen-bond acceptors (Lipinski definition) is 6. The number of piperazine rings is 1. The first-order valence-corrected chi connectivity index (χ1v) is 11.9. The van der Waals surface area contributed by atoms with E-state index in [-0.39, 0.29) is 41.7 Å². The molecule has 2 N–H and O–H groups in total. The molecular formula is C26H32FN5O3. The van der Waals surface area contributed by atoms with Crippen LogP contribution in [0.2, 0.25) is 0 Å². The summed E-state index contributed by atoms with van der Waals surface area (Å²) in [6, 6.07) is 10.4. The third kappa shape index (κ3) is 5.14. The molecule has 0 saturated carbocycles. The second kappa shape index (κ2) is 10.0. The van der Waals surface area contributed by atoms with Gasteiger partial charge in [0.1, 0.15) is 12.4 Å². The molecule has 9 heteroatoms. The van der Waals surface area contributed by atoms with Crippen LogP contribution in [-0.4, -0.2) is 53.8 Å². The van der Waals surface area contributed by atoms with Crippen molar-refractivity contribution in [1.29, 1.82) is 0 Å². The number of fused-ring (bicyclic) bond motifs is 1. The Hall–Kier alpha value is -3.46. The highest BCUT2D eigenvalue weighted by atomic mass is 19.1. The number of hydrogen-bond donors (Lipinski definition) is 2. The third-order valence-electron chi connectivity index (χ3n) is 6.19. The average Bonchev–Trinajstić information content (AvgIpc) is 2.82. The molecule has 8 nitrogen and oxygen atoms in total. The lowest BCUT2D eigenvalue weighted by molar-refractivity contribution is -0.122. The minimum Gasteiger partial charge on any atom is -0.494 e. The summed E-state index contributed by atoms with van der Waals surface area (Å²) >= 11 is 0. The summed E-state index contributed by atoms with van der Waals surface area (Å²) in [6.07, 6.45) is 0. The minimum atomic E-state index is -0.521. The molecule has 1 aromatic heterocycles. The van der Waals surface area contributed by atoms with Crippen LogP contribution in [0.1, 0.15) is 27.7 Å². The highest BCUT2D eigenvalue weighted by Crippen LogP contribution is 2.28. The van der Waals surface area contributed by atoms with Crippen LogP contribution in [0.5, 0.6) is 5.75 Å². The number of rotatable bonds is 6. The SMILES string of the molecule is COc1cc(-c2nc3ccc(N4CC(C)NC[C@@H]4C)cc3c(=O)n2CC(=O)NC(C)C)ccc1F. The van der Waals surface area contributed by atoms with E-state index in [1.807, 2.05) is 32.0 Å². The molecule has 1 fully saturated rings. The lowest BCUT2D eigenvalue weighted by atomic mass is 10.1. The molecule has 0 radical (unpaired) electrons. The summed E-state index contributed by atoms with van der Waals surface area (Å²) < 4.78 is 20.5. The number of amides is 1. The van der Waals surface area contributed by atoms with Crippen molar-refractivity contribution in [2.75, 3.05) is 25.1 Å². The molecule has 0 bridgehead atoms. The number of nitrogens with one attached hydrogen (secondary N) is 2. The highest BCUT2D eigenvalue weighted by molar-refractivity contribution is 5.85. The Bertz CT molecular complexity index is 1310. The van der Waals surface area contributed by atoms with Gasteiger partial charge in [-0.3, -0.25) is 14.2 Å². The smallest absolute Gasteiger partial charge is 0.262 e. The standard InChI is InChI=1S/C26H32FN5O3/c1-15(2)29-24(33)14-32-25(18-6-8-21(27)23(10-18)35-5)30-22-9-7-19(11-20(22)26(32)34)31-13-16(3)28-12-17(31)4/h6-11,15-17,28H,12-14H2,1-5H3,(H,29,33)/t16?,17-/m0/s1. The summed E-state index contributed by atoms with van der Waals surface area (Å²) in [6.45, 7) is 9.44. The van der Waals surface area contributed by atoms with Crippen molar-refractivity contribution in [3.8, 4) is 17.1 Å². The van der Waals surface area contributed by atoms with Crippen LogP contribution in [0.25, 0.3) is 22.3 Å². The fourth-order valence-corrected chi connectivity index (χ4v) is 4.45. The van der Waals surface area contributed by atoms with Crippen LogP contribution < -0.4 is 25.8 Å². The van der Waals surface area contributed by atoms with Crippen LogP contribution >= 0.6 is 0 Å². The monoisotopic (exact) mass is 481 g/mol. The van der Waals surface area contributed by atoms with Crippen molar-refractivity contribution in [3.63, 3.8) is 0 Å². The van der Waals surface area contributed by atoms with E-state index in [0.29, 0.717) is 22.5 Å². The van der Waals surface area contributed by atoms with Crippen molar-refractivity contribution in [2.24, 2.45) is 0 Å². The Morgan fingerprint density at radius 1 is 1.26 bits per heavy atom. The maximum Gasteiger partial charge on any atom is 0.262 e. The first-order valence-electron chi connectivity index (χ1n) is 11.9. The van der Waals surface area contributed by atoms with Crippen molar-refractivity contribution in [1.82, 2.24) is 20.2 Å². The molecule has 186 valence electrons. The molecule has 35 heavy (non-hydrogen) atoms. The van der Waals surface area contributed by atoms with Gasteiger partial charge in [-0.1, -0.05) is 0 Å². The molecule has 2 aromatic carbocycles. The van der Waals surface area contributed by atoms with Crippen molar-refractivity contribution in [2.45, 2.75) is 52.4 Å². The Labute approximate surface area is 204 Å². The van der Waals surface area contributed by atoms with Crippen molar-refractivity contribution >= 4 is 22.5 Å². The van der Waals surface area contributed by atoms with E-state index in [1.54, 1.807) is 0 Å². The summed E-state index contributed by atoms with van der Waals surface area (Å²) in [5.74, 6) is -0.518. The maximum absolute atomic E-state index is 14.1. The van der Waals surface area contributed by atoms with Crippen molar-refractivity contribution in [3.05, 3.63) is 52.6 Å². The highest BCUT2D eigenvalue weighted by Gasteiger charge is 2.24. The fourth-order valence-electron chi connectivity index (χ4n) is 4.45. The van der Waals surface area contributed by atoms with Crippen LogP contribution in [0.15, 0.2) is 41.2 Å². The van der Waals surface area contributed by atoms with Gasteiger partial charge in [-0.15, -0.1) is 0 Å². The Morgan fingerprint density at radius 3 is 2.74 bits per heavy atom. The van der Waals surface area contributed by atoms with Gasteiger partial charge in [0, 0.05) is 42.5 Å². The molecule has 1 unspecified atom stereocenters. The number of nitrogens with zero attached hydrogens (tertiary/aromatic N) is 3. The predicted octanol–water partition coefficient (Wildman–Crippen LogP) is 2.92. The quantitative estimate of drug-likeness (QED) is 0.563. The zero-order valence-corrected chi connectivity index (χ0v) is 20.8. The Morgan fingerprint density at radius 2 is 2.03 bits per heavy atom. The van der Waals surface area contributed by atoms with E-state index in [4.69, 9.17) is 9.72 Å². The maximum atomic E-state index is 14.1. The van der Waals surface area contributed by atoms with E-state index >= 15 is 0 Å². The van der Waals surface area contributed by atoms with Crippen LogP contribution in [0, 0.1) is 5.82 Å². The molecule has 0 aliphatic carbocycles. The van der Waals surface area contributed by atoms with Crippen molar-refractivity contribution < 1.29 is 13.9 Å². The largest absolute Gasteiger partial charge is 0.494 e. The molecule has 1 aliphatic rings. The van der Waals surface area contributed by atoms with E-state index in [0.717, 1.165) is 18.8 Å². The van der Waals surface area contributed by atoms with Crippen LogP contribution in [0.3, 0.4) is 0 Å². The average molecular weight is 482 g/mol. The van der Waals surface area contributed by atoms with Gasteiger partial charge in [-0.2, -0.15) is 0 Å². The number of anilines is 1. The molecule has 2 atom stereocenters. The molecule has 1 aliphatic heterocycles. The number of benzene rings is 2. The van der Waals surface area contributed by atoms with Gasteiger partial charge in [0.15, 0.2) is 11.6 Å². The molecule has 4 rings (SSSR count). The molecule has 0 spiro atoms. The molecule has 2 heterocycles. The third-order valence-corrected chi connectivity index (χ3v) is 6.19. The second-order valence-corrected chi connectivity index (χ2v) is 9.41. The van der Waals surface area contributed by atoms with Crippen LogP contribution in [0.4, 0.5) is 10.1 Å². The van der Waals surface area contributed by atoms with Gasteiger partial charge >= 0.3 is 0 Å². The summed E-state index contributed by atoms with van der Waals surface area (Å²) in [5.41, 5.74) is 1.60. The number of methoxy groups -OCH3 is 1. The number of aromatic nitrogens is 2. The van der Waals surface area contributed by atoms with Gasteiger partial charge < -0.3 is 20.3 Å². The number of ether oxygens (including phenoxy) is 1. The normalized spacial score (nSPS) is 18.2. The number of carbonyl (C=O) groups is 1. The molecule has 1 saturated heterocycles. The number of halogens is 1. The van der Waals surface area contributed by atoms with Gasteiger partial charge in [-0.25, -0.2) is 9.37 Å². The van der Waals surface area contributed by atoms with Crippen LogP contribution in [-0.2, 0) is 11.3 Å². The minimum absolute atomic E-state index is 0.0344. The van der Waals surface area contributed by atoms with Gasteiger partial charge in [-0.05, 0) is 64.1 Å². The zero-order chi connectivity index (χ0) is 25.3. The number of carbonyl (C=O) groups excluding carboxylic acids is 1. The lowest BCUT2D eigenvalue weighted by Gasteiger charge is -2.39. The molecular weight excluding hydrogens is 449 g/mol. The lowest BCUT2D eigenvalue weighted by Crippen LogP contribution is -2.54. The first kappa shape index (κ1) is 24.7. The van der Waals surface area contributed by atoms with Gasteiger partial charge in [0.25, 0.3) is 5.56 Å². The van der Waals surface area contributed by atoms with Gasteiger partial charge in [0.05, 0.1) is 18.0 Å².